The first kappa shape index (κ1) is 14.3. The van der Waals surface area contributed by atoms with Gasteiger partial charge in [-0.2, -0.15) is 0 Å². The Morgan fingerprint density at radius 1 is 1.11 bits per heavy atom. The second-order valence-corrected chi connectivity index (χ2v) is 5.38. The van der Waals surface area contributed by atoms with Gasteiger partial charge in [0.1, 0.15) is 5.76 Å². The zero-order valence-corrected chi connectivity index (χ0v) is 12.5. The van der Waals surface area contributed by atoms with Crippen molar-refractivity contribution in [2.75, 3.05) is 13.1 Å². The number of nitrogens with zero attached hydrogens (tertiary/aromatic N) is 1. The van der Waals surface area contributed by atoms with E-state index in [1.54, 1.807) is 6.26 Å². The largest absolute Gasteiger partial charge is 0.467 e. The van der Waals surface area contributed by atoms with E-state index in [0.717, 1.165) is 36.3 Å². The van der Waals surface area contributed by atoms with Gasteiger partial charge < -0.3 is 10.2 Å². The lowest BCUT2D eigenvalue weighted by Gasteiger charge is -2.21. The molecule has 0 saturated carbocycles. The van der Waals surface area contributed by atoms with E-state index in [4.69, 9.17) is 10.2 Å². The summed E-state index contributed by atoms with van der Waals surface area (Å²) in [6.45, 7) is 3.39. The number of nitrogens with two attached hydrogens (primary N) is 1. The van der Waals surface area contributed by atoms with Crippen LogP contribution < -0.4 is 5.73 Å². The molecule has 2 aromatic rings. The van der Waals surface area contributed by atoms with Gasteiger partial charge in [-0.25, -0.2) is 0 Å². The van der Waals surface area contributed by atoms with E-state index in [2.05, 4.69) is 45.1 Å². The van der Waals surface area contributed by atoms with Gasteiger partial charge in [-0.3, -0.25) is 4.90 Å². The van der Waals surface area contributed by atoms with E-state index in [1.807, 2.05) is 12.1 Å². The lowest BCUT2D eigenvalue weighted by Crippen LogP contribution is -2.25. The number of rotatable bonds is 7. The second-order valence-electron chi connectivity index (χ2n) is 4.53. The molecule has 2 N–H and O–H groups in total. The zero-order chi connectivity index (χ0) is 13.5. The second kappa shape index (κ2) is 7.48. The first-order valence-electron chi connectivity index (χ1n) is 6.48. The summed E-state index contributed by atoms with van der Waals surface area (Å²) >= 11 is 3.50. The van der Waals surface area contributed by atoms with E-state index in [-0.39, 0.29) is 0 Å². The molecule has 0 aliphatic heterocycles. The van der Waals surface area contributed by atoms with Crippen LogP contribution in [0.3, 0.4) is 0 Å². The summed E-state index contributed by atoms with van der Waals surface area (Å²) in [7, 11) is 0. The van der Waals surface area contributed by atoms with Crippen LogP contribution in [0, 0.1) is 0 Å². The highest BCUT2D eigenvalue weighted by atomic mass is 79.9. The van der Waals surface area contributed by atoms with E-state index in [0.29, 0.717) is 6.54 Å². The molecule has 0 spiro atoms. The molecule has 1 heterocycles. The standard InChI is InChI=1S/C15H19BrN2O/c16-14-7-10-19-15(14)12-18(9-4-8-17)11-13-5-2-1-3-6-13/h1-3,5-7,10H,4,8-9,11-12,17H2. The third-order valence-corrected chi connectivity index (χ3v) is 3.69. The average molecular weight is 323 g/mol. The normalized spacial score (nSPS) is 11.1. The molecule has 0 bridgehead atoms. The molecule has 1 aromatic carbocycles. The van der Waals surface area contributed by atoms with E-state index >= 15 is 0 Å². The van der Waals surface area contributed by atoms with Crippen LogP contribution in [0.4, 0.5) is 0 Å². The van der Waals surface area contributed by atoms with Crippen LogP contribution >= 0.6 is 15.9 Å². The van der Waals surface area contributed by atoms with Crippen LogP contribution in [0.1, 0.15) is 17.7 Å². The fourth-order valence-electron chi connectivity index (χ4n) is 2.01. The van der Waals surface area contributed by atoms with Gasteiger partial charge >= 0.3 is 0 Å². The molecule has 102 valence electrons. The third-order valence-electron chi connectivity index (χ3n) is 2.99. The number of halogens is 1. The number of hydrogen-bond acceptors (Lipinski definition) is 3. The highest BCUT2D eigenvalue weighted by Crippen LogP contribution is 2.20. The van der Waals surface area contributed by atoms with Crippen LogP contribution in [0.5, 0.6) is 0 Å². The molecular formula is C15H19BrN2O. The third kappa shape index (κ3) is 4.49. The molecule has 19 heavy (non-hydrogen) atoms. The van der Waals surface area contributed by atoms with Crippen molar-refractivity contribution in [2.24, 2.45) is 5.73 Å². The predicted octanol–water partition coefficient (Wildman–Crippen LogP) is 3.39. The Kier molecular flexibility index (Phi) is 5.63. The van der Waals surface area contributed by atoms with Crippen molar-refractivity contribution in [3.8, 4) is 0 Å². The molecule has 0 aliphatic carbocycles. The Hall–Kier alpha value is -1.10. The fraction of sp³-hybridized carbons (Fsp3) is 0.333. The van der Waals surface area contributed by atoms with Crippen LogP contribution in [0.25, 0.3) is 0 Å². The molecule has 0 amide bonds. The minimum Gasteiger partial charge on any atom is -0.467 e. The lowest BCUT2D eigenvalue weighted by molar-refractivity contribution is 0.233. The Labute approximate surface area is 122 Å². The number of furan rings is 1. The van der Waals surface area contributed by atoms with Gasteiger partial charge in [0.15, 0.2) is 0 Å². The Balaban J connectivity index is 2.01. The maximum atomic E-state index is 5.61. The quantitative estimate of drug-likeness (QED) is 0.849. The molecule has 3 nitrogen and oxygen atoms in total. The van der Waals surface area contributed by atoms with Crippen LogP contribution in [0.2, 0.25) is 0 Å². The summed E-state index contributed by atoms with van der Waals surface area (Å²) < 4.78 is 6.52. The zero-order valence-electron chi connectivity index (χ0n) is 10.9. The number of benzene rings is 1. The maximum Gasteiger partial charge on any atom is 0.131 e. The molecule has 4 heteroatoms. The van der Waals surface area contributed by atoms with Gasteiger partial charge in [0.2, 0.25) is 0 Å². The highest BCUT2D eigenvalue weighted by molar-refractivity contribution is 9.10. The summed E-state index contributed by atoms with van der Waals surface area (Å²) in [5, 5.41) is 0. The van der Waals surface area contributed by atoms with E-state index in [1.165, 1.54) is 5.56 Å². The summed E-state index contributed by atoms with van der Waals surface area (Å²) in [6, 6.07) is 12.4. The van der Waals surface area contributed by atoms with Crippen LogP contribution in [-0.2, 0) is 13.1 Å². The van der Waals surface area contributed by atoms with Gasteiger partial charge in [-0.05, 0) is 40.5 Å². The topological polar surface area (TPSA) is 42.4 Å². The van der Waals surface area contributed by atoms with Crippen molar-refractivity contribution in [1.82, 2.24) is 4.90 Å². The highest BCUT2D eigenvalue weighted by Gasteiger charge is 2.11. The minimum absolute atomic E-state index is 0.713. The molecular weight excluding hydrogens is 304 g/mol. The molecule has 0 radical (unpaired) electrons. The van der Waals surface area contributed by atoms with Crippen molar-refractivity contribution in [2.45, 2.75) is 19.5 Å². The number of hydrogen-bond donors (Lipinski definition) is 1. The van der Waals surface area contributed by atoms with Crippen molar-refractivity contribution >= 4 is 15.9 Å². The van der Waals surface area contributed by atoms with Gasteiger partial charge in [-0.15, -0.1) is 0 Å². The van der Waals surface area contributed by atoms with Crippen molar-refractivity contribution in [3.05, 3.63) is 58.5 Å². The fourth-order valence-corrected chi connectivity index (χ4v) is 2.34. The van der Waals surface area contributed by atoms with Gasteiger partial charge in [0.25, 0.3) is 0 Å². The first-order valence-corrected chi connectivity index (χ1v) is 7.27. The monoisotopic (exact) mass is 322 g/mol. The molecule has 0 saturated heterocycles. The Morgan fingerprint density at radius 3 is 2.53 bits per heavy atom. The first-order chi connectivity index (χ1) is 9.29. The van der Waals surface area contributed by atoms with Crippen molar-refractivity contribution in [3.63, 3.8) is 0 Å². The Bertz CT molecular complexity index is 484. The molecule has 0 atom stereocenters. The van der Waals surface area contributed by atoms with Crippen molar-refractivity contribution < 1.29 is 4.42 Å². The summed E-state index contributed by atoms with van der Waals surface area (Å²) in [4.78, 5) is 2.35. The average Bonchev–Trinajstić information content (AvgIpc) is 2.83. The molecule has 2 rings (SSSR count). The molecule has 0 unspecified atom stereocenters. The predicted molar refractivity (Wildman–Crippen MR) is 80.6 cm³/mol. The summed E-state index contributed by atoms with van der Waals surface area (Å²) in [5.41, 5.74) is 6.92. The lowest BCUT2D eigenvalue weighted by atomic mass is 10.2. The molecule has 0 fully saturated rings. The Morgan fingerprint density at radius 2 is 1.89 bits per heavy atom. The van der Waals surface area contributed by atoms with Gasteiger partial charge in [0, 0.05) is 13.1 Å². The SMILES string of the molecule is NCCCN(Cc1ccccc1)Cc1occc1Br. The van der Waals surface area contributed by atoms with E-state index in [9.17, 15) is 0 Å². The molecule has 0 aliphatic rings. The summed E-state index contributed by atoms with van der Waals surface area (Å²) in [5.74, 6) is 0.966. The molecule has 1 aromatic heterocycles. The van der Waals surface area contributed by atoms with Gasteiger partial charge in [-0.1, -0.05) is 30.3 Å². The van der Waals surface area contributed by atoms with Gasteiger partial charge in [0.05, 0.1) is 17.3 Å². The van der Waals surface area contributed by atoms with Crippen molar-refractivity contribution in [1.29, 1.82) is 0 Å². The summed E-state index contributed by atoms with van der Waals surface area (Å²) in [6.07, 6.45) is 2.70. The maximum absolute atomic E-state index is 5.61. The smallest absolute Gasteiger partial charge is 0.131 e. The minimum atomic E-state index is 0.713. The van der Waals surface area contributed by atoms with Crippen LogP contribution in [-0.4, -0.2) is 18.0 Å². The van der Waals surface area contributed by atoms with Crippen LogP contribution in [0.15, 0.2) is 51.6 Å². The van der Waals surface area contributed by atoms with E-state index < -0.39 is 0 Å².